The predicted molar refractivity (Wildman–Crippen MR) is 91.0 cm³/mol. The van der Waals surface area contributed by atoms with Crippen LogP contribution in [0.4, 0.5) is 11.5 Å². The lowest BCUT2D eigenvalue weighted by Gasteiger charge is -2.41. The van der Waals surface area contributed by atoms with Crippen LogP contribution < -0.4 is 9.64 Å². The molecule has 0 atom stereocenters. The molecule has 2 N–H and O–H groups in total. The van der Waals surface area contributed by atoms with Crippen LogP contribution >= 0.6 is 22.4 Å². The van der Waals surface area contributed by atoms with E-state index < -0.39 is 15.5 Å². The zero-order valence-electron chi connectivity index (χ0n) is 12.5. The second-order valence-electron chi connectivity index (χ2n) is 4.74. The van der Waals surface area contributed by atoms with Crippen LogP contribution in [0.25, 0.3) is 0 Å². The quantitative estimate of drug-likeness (QED) is 0.258. The molecule has 2 rings (SSSR count). The zero-order chi connectivity index (χ0) is 17.0. The number of rotatable bonds is 6. The summed E-state index contributed by atoms with van der Waals surface area (Å²) in [5, 5.41) is 11.8. The molecule has 0 bridgehead atoms. The monoisotopic (exact) mass is 362 g/mol. The molecule has 0 amide bonds. The van der Waals surface area contributed by atoms with Gasteiger partial charge in [-0.25, -0.2) is 0 Å². The molecule has 1 aromatic heterocycles. The standard InChI is InChI=1S/C12H18N4O5S2/c1-3-6-21-11-9(16(17)18)10(13-12(14-11)22-2)15-4-7-23(19,20)8-5-15/h3,19-20H,1,4-8H2,2H3. The van der Waals surface area contributed by atoms with Gasteiger partial charge in [0.2, 0.25) is 5.82 Å². The second kappa shape index (κ2) is 7.34. The van der Waals surface area contributed by atoms with Crippen molar-refractivity contribution in [2.24, 2.45) is 0 Å². The third-order valence-corrected chi connectivity index (χ3v) is 5.41. The maximum atomic E-state index is 11.5. The lowest BCUT2D eigenvalue weighted by Crippen LogP contribution is -2.39. The summed E-state index contributed by atoms with van der Waals surface area (Å²) in [4.78, 5) is 20.8. The molecule has 0 aliphatic carbocycles. The normalized spacial score (nSPS) is 18.3. The van der Waals surface area contributed by atoms with E-state index in [1.165, 1.54) is 17.8 Å². The van der Waals surface area contributed by atoms with E-state index in [1.807, 2.05) is 0 Å². The number of aromatic nitrogens is 2. The summed E-state index contributed by atoms with van der Waals surface area (Å²) in [6.45, 7) is 4.15. The molecule has 9 nitrogen and oxygen atoms in total. The third kappa shape index (κ3) is 4.25. The first kappa shape index (κ1) is 17.8. The van der Waals surface area contributed by atoms with Crippen molar-refractivity contribution in [3.05, 3.63) is 22.8 Å². The maximum absolute atomic E-state index is 11.5. The van der Waals surface area contributed by atoms with Crippen LogP contribution in [0.5, 0.6) is 5.88 Å². The van der Waals surface area contributed by atoms with Gasteiger partial charge in [-0.3, -0.25) is 19.2 Å². The molecule has 1 fully saturated rings. The topological polar surface area (TPSA) is 122 Å². The van der Waals surface area contributed by atoms with Crippen molar-refractivity contribution in [2.45, 2.75) is 5.16 Å². The first-order valence-electron chi connectivity index (χ1n) is 6.70. The van der Waals surface area contributed by atoms with Gasteiger partial charge in [0.1, 0.15) is 6.61 Å². The third-order valence-electron chi connectivity index (χ3n) is 3.19. The van der Waals surface area contributed by atoms with Crippen molar-refractivity contribution in [3.63, 3.8) is 0 Å². The van der Waals surface area contributed by atoms with Crippen LogP contribution in [0, 0.1) is 10.1 Å². The fourth-order valence-electron chi connectivity index (χ4n) is 2.05. The van der Waals surface area contributed by atoms with Crippen molar-refractivity contribution < 1.29 is 18.8 Å². The van der Waals surface area contributed by atoms with Crippen LogP contribution in [0.2, 0.25) is 0 Å². The van der Waals surface area contributed by atoms with E-state index in [-0.39, 0.29) is 48.6 Å². The molecule has 0 radical (unpaired) electrons. The first-order valence-corrected chi connectivity index (χ1v) is 9.81. The Bertz CT molecular complexity index is 603. The Hall–Kier alpha value is -1.56. The van der Waals surface area contributed by atoms with Gasteiger partial charge < -0.3 is 9.64 Å². The summed E-state index contributed by atoms with van der Waals surface area (Å²) in [5.41, 5.74) is -0.317. The van der Waals surface area contributed by atoms with Crippen LogP contribution in [-0.2, 0) is 0 Å². The van der Waals surface area contributed by atoms with Gasteiger partial charge in [-0.1, -0.05) is 24.4 Å². The van der Waals surface area contributed by atoms with Gasteiger partial charge in [0.05, 0.1) is 16.4 Å². The van der Waals surface area contributed by atoms with Gasteiger partial charge >= 0.3 is 11.6 Å². The summed E-state index contributed by atoms with van der Waals surface area (Å²) in [6, 6.07) is 0. The molecule has 128 valence electrons. The van der Waals surface area contributed by atoms with Gasteiger partial charge in [0.15, 0.2) is 5.16 Å². The molecular formula is C12H18N4O5S2. The largest absolute Gasteiger partial charge is 0.468 e. The van der Waals surface area contributed by atoms with Gasteiger partial charge in [-0.05, 0) is 6.26 Å². The minimum atomic E-state index is -2.60. The minimum Gasteiger partial charge on any atom is -0.468 e. The summed E-state index contributed by atoms with van der Waals surface area (Å²) in [7, 11) is -2.60. The highest BCUT2D eigenvalue weighted by Gasteiger charge is 2.33. The van der Waals surface area contributed by atoms with Gasteiger partial charge in [0, 0.05) is 13.1 Å². The van der Waals surface area contributed by atoms with E-state index in [0.717, 1.165) is 0 Å². The lowest BCUT2D eigenvalue weighted by molar-refractivity contribution is -0.385. The van der Waals surface area contributed by atoms with Crippen molar-refractivity contribution in [1.82, 2.24) is 9.97 Å². The van der Waals surface area contributed by atoms with E-state index in [2.05, 4.69) is 16.5 Å². The zero-order valence-corrected chi connectivity index (χ0v) is 14.2. The minimum absolute atomic E-state index is 0.0889. The maximum Gasteiger partial charge on any atom is 0.373 e. The van der Waals surface area contributed by atoms with Gasteiger partial charge in [-0.15, -0.1) is 0 Å². The molecule has 0 saturated carbocycles. The van der Waals surface area contributed by atoms with E-state index in [1.54, 1.807) is 11.2 Å². The molecule has 23 heavy (non-hydrogen) atoms. The highest BCUT2D eigenvalue weighted by atomic mass is 32.3. The fourth-order valence-corrected chi connectivity index (χ4v) is 3.63. The average Bonchev–Trinajstić information content (AvgIpc) is 2.51. The SMILES string of the molecule is C=CCOc1nc(SC)nc(N2CCS(O)(O)CC2)c1[N+](=O)[O-]. The highest BCUT2D eigenvalue weighted by Crippen LogP contribution is 2.43. The van der Waals surface area contributed by atoms with E-state index in [9.17, 15) is 19.2 Å². The summed E-state index contributed by atoms with van der Waals surface area (Å²) in [6.07, 6.45) is 3.23. The molecule has 1 aliphatic heterocycles. The molecule has 1 aromatic rings. The molecule has 0 unspecified atom stereocenters. The molecule has 0 spiro atoms. The Morgan fingerprint density at radius 3 is 2.65 bits per heavy atom. The Labute approximate surface area is 139 Å². The highest BCUT2D eigenvalue weighted by molar-refractivity contribution is 8.24. The number of thioether (sulfide) groups is 1. The molecule has 2 heterocycles. The smallest absolute Gasteiger partial charge is 0.373 e. The molecule has 0 aromatic carbocycles. The van der Waals surface area contributed by atoms with E-state index in [4.69, 9.17) is 4.74 Å². The molecule has 11 heteroatoms. The second-order valence-corrected chi connectivity index (χ2v) is 7.94. The van der Waals surface area contributed by atoms with Crippen molar-refractivity contribution >= 4 is 33.9 Å². The van der Waals surface area contributed by atoms with Crippen LogP contribution in [0.15, 0.2) is 17.8 Å². The van der Waals surface area contributed by atoms with Crippen molar-refractivity contribution in [2.75, 3.05) is 42.4 Å². The molecule has 1 saturated heterocycles. The Balaban J connectivity index is 2.43. The van der Waals surface area contributed by atoms with Crippen molar-refractivity contribution in [3.8, 4) is 5.88 Å². The van der Waals surface area contributed by atoms with E-state index >= 15 is 0 Å². The average molecular weight is 362 g/mol. The fraction of sp³-hybridized carbons (Fsp3) is 0.500. The molecule has 1 aliphatic rings. The van der Waals surface area contributed by atoms with Crippen LogP contribution in [0.1, 0.15) is 0 Å². The Morgan fingerprint density at radius 1 is 1.48 bits per heavy atom. The van der Waals surface area contributed by atoms with Crippen molar-refractivity contribution in [1.29, 1.82) is 0 Å². The molecular weight excluding hydrogens is 344 g/mol. The van der Waals surface area contributed by atoms with E-state index in [0.29, 0.717) is 5.16 Å². The number of hydrogen-bond acceptors (Lipinski definition) is 9. The number of hydrogen-bond donors (Lipinski definition) is 2. The first-order chi connectivity index (χ1) is 10.9. The van der Waals surface area contributed by atoms with Gasteiger partial charge in [-0.2, -0.15) is 20.6 Å². The lowest BCUT2D eigenvalue weighted by atomic mass is 10.4. The number of anilines is 1. The Morgan fingerprint density at radius 2 is 2.13 bits per heavy atom. The summed E-state index contributed by atoms with van der Waals surface area (Å²) in [5.74, 6) is 0.349. The summed E-state index contributed by atoms with van der Waals surface area (Å²) >= 11 is 1.24. The number of nitro groups is 1. The van der Waals surface area contributed by atoms with Crippen LogP contribution in [0.3, 0.4) is 0 Å². The predicted octanol–water partition coefficient (Wildman–Crippen LogP) is 2.24. The van der Waals surface area contributed by atoms with Crippen LogP contribution in [-0.4, -0.2) is 61.5 Å². The number of nitrogens with zero attached hydrogens (tertiary/aromatic N) is 4. The summed E-state index contributed by atoms with van der Waals surface area (Å²) < 4.78 is 24.7. The Kier molecular flexibility index (Phi) is 5.68. The van der Waals surface area contributed by atoms with Gasteiger partial charge in [0.25, 0.3) is 0 Å². The number of ether oxygens (including phenoxy) is 1.